The number of carboxylic acid groups (broad SMARTS) is 1. The third-order valence-corrected chi connectivity index (χ3v) is 7.78. The van der Waals surface area contributed by atoms with E-state index in [1.54, 1.807) is 25.1 Å². The second-order valence-corrected chi connectivity index (χ2v) is 11.3. The molecular weight excluding hydrogens is 656 g/mol. The van der Waals surface area contributed by atoms with Gasteiger partial charge in [-0.1, -0.05) is 23.7 Å². The van der Waals surface area contributed by atoms with E-state index in [4.69, 9.17) is 35.3 Å². The number of imidazole rings is 1. The number of halogens is 1. The lowest BCUT2D eigenvalue weighted by Gasteiger charge is -2.09. The van der Waals surface area contributed by atoms with Gasteiger partial charge in [0.1, 0.15) is 25.2 Å². The van der Waals surface area contributed by atoms with Crippen molar-refractivity contribution in [3.8, 4) is 22.9 Å². The summed E-state index contributed by atoms with van der Waals surface area (Å²) in [6, 6.07) is 16.5. The van der Waals surface area contributed by atoms with Crippen LogP contribution in [0.25, 0.3) is 33.1 Å². The van der Waals surface area contributed by atoms with E-state index in [1.807, 2.05) is 41.1 Å². The molecule has 2 aromatic heterocycles. The molecule has 2 heterocycles. The Hall–Kier alpha value is -4.79. The van der Waals surface area contributed by atoms with Crippen molar-refractivity contribution in [3.63, 3.8) is 0 Å². The molecule has 1 amide bonds. The molecule has 5 aromatic rings. The summed E-state index contributed by atoms with van der Waals surface area (Å²) >= 11 is 6.69. The molecule has 3 N–H and O–H groups in total. The van der Waals surface area contributed by atoms with Gasteiger partial charge in [0.2, 0.25) is 5.91 Å². The summed E-state index contributed by atoms with van der Waals surface area (Å²) in [7, 11) is 0. The second-order valence-electron chi connectivity index (χ2n) is 10.9. The summed E-state index contributed by atoms with van der Waals surface area (Å²) in [5.41, 5.74) is 4.64. The number of amides is 1. The number of aromatic amines is 1. The molecule has 0 fully saturated rings. The van der Waals surface area contributed by atoms with E-state index >= 15 is 0 Å². The number of aldehydes is 1. The molecule has 0 radical (unpaired) electrons. The number of nitrogens with one attached hydrogen (secondary N) is 2. The Morgan fingerprint density at radius 3 is 2.41 bits per heavy atom. The molecule has 0 bridgehead atoms. The third-order valence-electron chi connectivity index (χ3n) is 7.47. The number of H-pyrrole nitrogens is 1. The van der Waals surface area contributed by atoms with Crippen LogP contribution in [0.2, 0.25) is 5.02 Å². The van der Waals surface area contributed by atoms with Gasteiger partial charge in [-0.15, -0.1) is 0 Å². The van der Waals surface area contributed by atoms with Gasteiger partial charge in [0.05, 0.1) is 67.9 Å². The first-order valence-corrected chi connectivity index (χ1v) is 16.0. The minimum absolute atomic E-state index is 0.0717. The Morgan fingerprint density at radius 1 is 0.939 bits per heavy atom. The van der Waals surface area contributed by atoms with Crippen molar-refractivity contribution >= 4 is 51.7 Å². The molecule has 0 atom stereocenters. The highest BCUT2D eigenvalue weighted by atomic mass is 35.5. The lowest BCUT2D eigenvalue weighted by atomic mass is 10.0. The van der Waals surface area contributed by atoms with E-state index in [0.717, 1.165) is 22.0 Å². The van der Waals surface area contributed by atoms with Crippen molar-refractivity contribution in [2.45, 2.75) is 13.5 Å². The maximum absolute atomic E-state index is 12.6. The van der Waals surface area contributed by atoms with E-state index in [1.165, 1.54) is 6.07 Å². The maximum Gasteiger partial charge on any atom is 0.336 e. The van der Waals surface area contributed by atoms with Gasteiger partial charge >= 0.3 is 5.97 Å². The maximum atomic E-state index is 12.6. The predicted molar refractivity (Wildman–Crippen MR) is 183 cm³/mol. The monoisotopic (exact) mass is 692 g/mol. The van der Waals surface area contributed by atoms with Gasteiger partial charge in [0.15, 0.2) is 0 Å². The number of aryl methyl sites for hydroxylation is 1. The van der Waals surface area contributed by atoms with Crippen LogP contribution < -0.4 is 10.1 Å². The molecule has 49 heavy (non-hydrogen) atoms. The minimum Gasteiger partial charge on any atom is -0.478 e. The quantitative estimate of drug-likeness (QED) is 0.0746. The van der Waals surface area contributed by atoms with Crippen molar-refractivity contribution in [1.29, 1.82) is 0 Å². The van der Waals surface area contributed by atoms with E-state index in [2.05, 4.69) is 15.3 Å². The zero-order chi connectivity index (χ0) is 34.6. The lowest BCUT2D eigenvalue weighted by molar-refractivity contribution is -0.121. The number of hydrogen-bond acceptors (Lipinski definition) is 9. The highest BCUT2D eigenvalue weighted by Crippen LogP contribution is 2.35. The van der Waals surface area contributed by atoms with Crippen LogP contribution in [-0.2, 0) is 35.1 Å². The first kappa shape index (κ1) is 35.5. The van der Waals surface area contributed by atoms with E-state index in [-0.39, 0.29) is 30.6 Å². The molecule has 0 spiro atoms. The fourth-order valence-corrected chi connectivity index (χ4v) is 5.33. The first-order chi connectivity index (χ1) is 23.8. The Kier molecular flexibility index (Phi) is 12.7. The van der Waals surface area contributed by atoms with E-state index in [0.29, 0.717) is 86.4 Å². The molecule has 0 aliphatic carbocycles. The normalized spacial score (nSPS) is 11.3. The standard InChI is InChI=1S/C35H37ClN4O9/c1-23-2-4-26(19-27(23)34(43)44)49-35-38-30-20-28(29(36)21-31(30)39-35)24-3-5-32-25(18-24)6-8-40(32)22-33(42)37-7-10-45-12-14-47-16-17-48-15-13-46-11-9-41/h2-6,8-9,18-21H,7,10-17,22H2,1H3,(H,37,42)(H,38,39)(H,43,44). The van der Waals surface area contributed by atoms with Crippen molar-refractivity contribution in [2.24, 2.45) is 0 Å². The zero-order valence-electron chi connectivity index (χ0n) is 26.9. The number of nitrogens with zero attached hydrogens (tertiary/aromatic N) is 2. The van der Waals surface area contributed by atoms with Gasteiger partial charge in [0, 0.05) is 29.2 Å². The SMILES string of the molecule is Cc1ccc(Oc2nc3cc(-c4ccc5c(ccn5CC(=O)NCCOCCOCCOCCOCC=O)c4)c(Cl)cc3[nH]2)cc1C(=O)O. The number of rotatable bonds is 20. The van der Waals surface area contributed by atoms with Gasteiger partial charge < -0.3 is 48.5 Å². The molecule has 0 saturated carbocycles. The Labute approximate surface area is 287 Å². The third kappa shape index (κ3) is 9.87. The predicted octanol–water partition coefficient (Wildman–Crippen LogP) is 5.02. The Morgan fingerprint density at radius 2 is 1.67 bits per heavy atom. The number of carbonyl (C=O) groups is 3. The lowest BCUT2D eigenvalue weighted by Crippen LogP contribution is -2.30. The Bertz CT molecular complexity index is 1910. The number of aromatic carboxylic acids is 1. The molecular formula is C35H37ClN4O9. The Balaban J connectivity index is 1.09. The van der Waals surface area contributed by atoms with Crippen LogP contribution >= 0.6 is 11.6 Å². The molecule has 13 nitrogen and oxygen atoms in total. The number of benzene rings is 3. The number of aromatic nitrogens is 3. The summed E-state index contributed by atoms with van der Waals surface area (Å²) in [4.78, 5) is 41.9. The van der Waals surface area contributed by atoms with Crippen molar-refractivity contribution in [3.05, 3.63) is 76.9 Å². The van der Waals surface area contributed by atoms with Crippen LogP contribution in [0.5, 0.6) is 11.8 Å². The summed E-state index contributed by atoms with van der Waals surface area (Å²) in [5.74, 6) is -0.817. The highest BCUT2D eigenvalue weighted by molar-refractivity contribution is 6.34. The van der Waals surface area contributed by atoms with E-state index < -0.39 is 5.97 Å². The van der Waals surface area contributed by atoms with Gasteiger partial charge in [-0.2, -0.15) is 4.98 Å². The fraction of sp³-hybridized carbons (Fsp3) is 0.314. The summed E-state index contributed by atoms with van der Waals surface area (Å²) in [6.07, 6.45) is 2.56. The molecule has 5 rings (SSSR count). The summed E-state index contributed by atoms with van der Waals surface area (Å²) < 4.78 is 28.9. The highest BCUT2D eigenvalue weighted by Gasteiger charge is 2.14. The zero-order valence-corrected chi connectivity index (χ0v) is 27.7. The number of fused-ring (bicyclic) bond motifs is 2. The van der Waals surface area contributed by atoms with Gasteiger partial charge in [-0.25, -0.2) is 4.79 Å². The molecule has 0 saturated heterocycles. The van der Waals surface area contributed by atoms with Crippen LogP contribution in [0.4, 0.5) is 0 Å². The molecule has 0 aliphatic heterocycles. The van der Waals surface area contributed by atoms with Crippen LogP contribution in [-0.4, -0.2) is 97.2 Å². The first-order valence-electron chi connectivity index (χ1n) is 15.6. The summed E-state index contributed by atoms with van der Waals surface area (Å²) in [5, 5.41) is 13.7. The molecule has 0 aliphatic rings. The topological polar surface area (TPSA) is 163 Å². The molecule has 3 aromatic carbocycles. The van der Waals surface area contributed by atoms with Gasteiger partial charge in [-0.05, 0) is 60.5 Å². The van der Waals surface area contributed by atoms with Crippen LogP contribution in [0.3, 0.4) is 0 Å². The average molecular weight is 693 g/mol. The van der Waals surface area contributed by atoms with Crippen LogP contribution in [0, 0.1) is 6.92 Å². The summed E-state index contributed by atoms with van der Waals surface area (Å²) in [6.45, 7) is 5.13. The second kappa shape index (κ2) is 17.6. The largest absolute Gasteiger partial charge is 0.478 e. The van der Waals surface area contributed by atoms with Crippen molar-refractivity contribution in [2.75, 3.05) is 59.4 Å². The number of carboxylic acids is 1. The smallest absolute Gasteiger partial charge is 0.336 e. The fourth-order valence-electron chi connectivity index (χ4n) is 5.05. The van der Waals surface area contributed by atoms with Crippen LogP contribution in [0.1, 0.15) is 15.9 Å². The molecule has 258 valence electrons. The van der Waals surface area contributed by atoms with Gasteiger partial charge in [-0.3, -0.25) is 4.79 Å². The van der Waals surface area contributed by atoms with Crippen LogP contribution in [0.15, 0.2) is 60.8 Å². The van der Waals surface area contributed by atoms with Gasteiger partial charge in [0.25, 0.3) is 6.01 Å². The number of ether oxygens (including phenoxy) is 5. The number of carbonyl (C=O) groups excluding carboxylic acids is 2. The average Bonchev–Trinajstić information content (AvgIpc) is 3.67. The van der Waals surface area contributed by atoms with Crippen molar-refractivity contribution < 1.29 is 43.2 Å². The number of hydrogen-bond donors (Lipinski definition) is 3. The van der Waals surface area contributed by atoms with Crippen molar-refractivity contribution in [1.82, 2.24) is 19.9 Å². The van der Waals surface area contributed by atoms with E-state index in [9.17, 15) is 19.5 Å². The minimum atomic E-state index is -1.03. The molecule has 14 heteroatoms. The molecule has 0 unspecified atom stereocenters.